The predicted molar refractivity (Wildman–Crippen MR) is 109 cm³/mol. The Morgan fingerprint density at radius 1 is 0.857 bits per heavy atom. The summed E-state index contributed by atoms with van der Waals surface area (Å²) in [7, 11) is 9.42. The maximum Gasteiger partial charge on any atom is 0.254 e. The van der Waals surface area contributed by atoms with Gasteiger partial charge in [-0.15, -0.1) is 0 Å². The molecule has 0 heterocycles. The number of carbonyl (C=O) groups is 1. The first kappa shape index (κ1) is 21.7. The van der Waals surface area contributed by atoms with E-state index in [0.29, 0.717) is 45.3 Å². The first-order valence-corrected chi connectivity index (χ1v) is 9.15. The third-order valence-electron chi connectivity index (χ3n) is 4.23. The molecular formula is C20H24BrNO6. The summed E-state index contributed by atoms with van der Waals surface area (Å²) in [5, 5.41) is 0. The lowest BCUT2D eigenvalue weighted by Gasteiger charge is -2.21. The molecule has 0 aliphatic carbocycles. The van der Waals surface area contributed by atoms with Gasteiger partial charge in [-0.05, 0) is 40.2 Å². The Balaban J connectivity index is 2.35. The van der Waals surface area contributed by atoms with Gasteiger partial charge in [0.05, 0.1) is 35.5 Å². The molecule has 2 aromatic rings. The second-order valence-electron chi connectivity index (χ2n) is 5.85. The summed E-state index contributed by atoms with van der Waals surface area (Å²) in [4.78, 5) is 14.6. The summed E-state index contributed by atoms with van der Waals surface area (Å²) in [6.07, 6.45) is 0. The van der Waals surface area contributed by atoms with Crippen molar-refractivity contribution >= 4 is 21.8 Å². The molecule has 0 atom stereocenters. The standard InChI is InChI=1S/C20H24BrNO6/c1-22(11-12-7-8-14(24-2)19(28-6)18(12)27-5)20(23)13-9-15(25-3)17(21)16(10-13)26-4/h7-10H,11H2,1-6H3. The molecule has 0 aliphatic rings. The Kier molecular flexibility index (Phi) is 7.39. The number of halogens is 1. The second-order valence-corrected chi connectivity index (χ2v) is 6.64. The highest BCUT2D eigenvalue weighted by Gasteiger charge is 2.21. The lowest BCUT2D eigenvalue weighted by atomic mass is 10.1. The molecule has 152 valence electrons. The van der Waals surface area contributed by atoms with Gasteiger partial charge in [-0.3, -0.25) is 4.79 Å². The largest absolute Gasteiger partial charge is 0.495 e. The predicted octanol–water partition coefficient (Wildman–Crippen LogP) is 3.76. The van der Waals surface area contributed by atoms with Gasteiger partial charge in [0.2, 0.25) is 5.75 Å². The Labute approximate surface area is 173 Å². The minimum atomic E-state index is -0.194. The van der Waals surface area contributed by atoms with Crippen molar-refractivity contribution in [1.29, 1.82) is 0 Å². The van der Waals surface area contributed by atoms with Crippen molar-refractivity contribution in [3.8, 4) is 28.7 Å². The highest BCUT2D eigenvalue weighted by molar-refractivity contribution is 9.10. The van der Waals surface area contributed by atoms with Gasteiger partial charge < -0.3 is 28.6 Å². The molecule has 8 heteroatoms. The van der Waals surface area contributed by atoms with Crippen LogP contribution in [0.3, 0.4) is 0 Å². The van der Waals surface area contributed by atoms with E-state index in [4.69, 9.17) is 23.7 Å². The van der Waals surface area contributed by atoms with E-state index in [1.807, 2.05) is 6.07 Å². The summed E-state index contributed by atoms with van der Waals surface area (Å²) in [5.41, 5.74) is 1.23. The fraction of sp³-hybridized carbons (Fsp3) is 0.350. The van der Waals surface area contributed by atoms with Crippen LogP contribution in [0.5, 0.6) is 28.7 Å². The van der Waals surface area contributed by atoms with Crippen molar-refractivity contribution in [2.45, 2.75) is 6.54 Å². The van der Waals surface area contributed by atoms with E-state index in [1.54, 1.807) is 51.5 Å². The zero-order valence-electron chi connectivity index (χ0n) is 16.8. The third-order valence-corrected chi connectivity index (χ3v) is 5.01. The van der Waals surface area contributed by atoms with Crippen LogP contribution in [0.2, 0.25) is 0 Å². The summed E-state index contributed by atoms with van der Waals surface area (Å²) in [6.45, 7) is 0.309. The summed E-state index contributed by atoms with van der Waals surface area (Å²) in [5.74, 6) is 2.39. The van der Waals surface area contributed by atoms with Gasteiger partial charge in [-0.25, -0.2) is 0 Å². The average Bonchev–Trinajstić information content (AvgIpc) is 2.72. The molecule has 0 saturated heterocycles. The molecular weight excluding hydrogens is 430 g/mol. The zero-order valence-corrected chi connectivity index (χ0v) is 18.4. The summed E-state index contributed by atoms with van der Waals surface area (Å²) >= 11 is 3.41. The number of methoxy groups -OCH3 is 5. The number of hydrogen-bond donors (Lipinski definition) is 0. The number of ether oxygens (including phenoxy) is 5. The van der Waals surface area contributed by atoms with Gasteiger partial charge in [0, 0.05) is 24.7 Å². The highest BCUT2D eigenvalue weighted by Crippen LogP contribution is 2.40. The quantitative estimate of drug-likeness (QED) is 0.605. The van der Waals surface area contributed by atoms with Crippen LogP contribution >= 0.6 is 15.9 Å². The van der Waals surface area contributed by atoms with E-state index in [0.717, 1.165) is 5.56 Å². The first-order chi connectivity index (χ1) is 13.4. The molecule has 0 unspecified atom stereocenters. The molecule has 0 fully saturated rings. The maximum absolute atomic E-state index is 13.0. The average molecular weight is 454 g/mol. The van der Waals surface area contributed by atoms with Crippen molar-refractivity contribution in [3.63, 3.8) is 0 Å². The topological polar surface area (TPSA) is 66.5 Å². The van der Waals surface area contributed by atoms with E-state index >= 15 is 0 Å². The number of carbonyl (C=O) groups excluding carboxylic acids is 1. The molecule has 0 aromatic heterocycles. The number of nitrogens with zero attached hydrogens (tertiary/aromatic N) is 1. The Hall–Kier alpha value is -2.61. The Morgan fingerprint density at radius 2 is 1.39 bits per heavy atom. The van der Waals surface area contributed by atoms with Crippen LogP contribution in [0, 0.1) is 0 Å². The summed E-state index contributed by atoms with van der Waals surface area (Å²) < 4.78 is 27.5. The molecule has 2 aromatic carbocycles. The van der Waals surface area contributed by atoms with Gasteiger partial charge in [0.15, 0.2) is 11.5 Å². The van der Waals surface area contributed by atoms with Gasteiger partial charge >= 0.3 is 0 Å². The molecule has 2 rings (SSSR count). The molecule has 0 spiro atoms. The van der Waals surface area contributed by atoms with Gasteiger partial charge in [-0.1, -0.05) is 0 Å². The van der Waals surface area contributed by atoms with E-state index < -0.39 is 0 Å². The number of benzene rings is 2. The molecule has 0 bridgehead atoms. The van der Waals surface area contributed by atoms with Crippen LogP contribution < -0.4 is 23.7 Å². The maximum atomic E-state index is 13.0. The molecule has 1 amide bonds. The number of amides is 1. The van der Waals surface area contributed by atoms with Crippen LogP contribution in [0.4, 0.5) is 0 Å². The van der Waals surface area contributed by atoms with Gasteiger partial charge in [0.1, 0.15) is 16.0 Å². The van der Waals surface area contributed by atoms with E-state index in [1.165, 1.54) is 14.2 Å². The summed E-state index contributed by atoms with van der Waals surface area (Å²) in [6, 6.07) is 6.95. The van der Waals surface area contributed by atoms with E-state index in [2.05, 4.69) is 15.9 Å². The van der Waals surface area contributed by atoms with Gasteiger partial charge in [-0.2, -0.15) is 0 Å². The Morgan fingerprint density at radius 3 is 1.86 bits per heavy atom. The minimum Gasteiger partial charge on any atom is -0.495 e. The van der Waals surface area contributed by atoms with E-state index in [-0.39, 0.29) is 5.91 Å². The SMILES string of the molecule is COc1cc(C(=O)N(C)Cc2ccc(OC)c(OC)c2OC)cc(OC)c1Br. The zero-order chi connectivity index (χ0) is 20.8. The smallest absolute Gasteiger partial charge is 0.254 e. The first-order valence-electron chi connectivity index (χ1n) is 8.36. The monoisotopic (exact) mass is 453 g/mol. The minimum absolute atomic E-state index is 0.194. The normalized spacial score (nSPS) is 10.2. The molecule has 7 nitrogen and oxygen atoms in total. The van der Waals surface area contributed by atoms with Crippen molar-refractivity contribution in [2.75, 3.05) is 42.6 Å². The van der Waals surface area contributed by atoms with Crippen molar-refractivity contribution in [1.82, 2.24) is 4.90 Å². The molecule has 0 saturated carbocycles. The van der Waals surface area contributed by atoms with Crippen LogP contribution in [-0.2, 0) is 6.54 Å². The van der Waals surface area contributed by atoms with Gasteiger partial charge in [0.25, 0.3) is 5.91 Å². The molecule has 28 heavy (non-hydrogen) atoms. The second kappa shape index (κ2) is 9.54. The third kappa shape index (κ3) is 4.27. The van der Waals surface area contributed by atoms with Crippen molar-refractivity contribution < 1.29 is 28.5 Å². The van der Waals surface area contributed by atoms with Crippen LogP contribution in [-0.4, -0.2) is 53.4 Å². The van der Waals surface area contributed by atoms with Crippen molar-refractivity contribution in [2.24, 2.45) is 0 Å². The van der Waals surface area contributed by atoms with Crippen molar-refractivity contribution in [3.05, 3.63) is 39.9 Å². The number of rotatable bonds is 8. The van der Waals surface area contributed by atoms with E-state index in [9.17, 15) is 4.79 Å². The fourth-order valence-electron chi connectivity index (χ4n) is 2.83. The highest BCUT2D eigenvalue weighted by atomic mass is 79.9. The fourth-order valence-corrected chi connectivity index (χ4v) is 3.38. The molecule has 0 N–H and O–H groups in total. The number of hydrogen-bond acceptors (Lipinski definition) is 6. The Bertz CT molecular complexity index is 830. The lowest BCUT2D eigenvalue weighted by molar-refractivity contribution is 0.0783. The van der Waals surface area contributed by atoms with Crippen LogP contribution in [0.25, 0.3) is 0 Å². The van der Waals surface area contributed by atoms with Crippen LogP contribution in [0.15, 0.2) is 28.7 Å². The van der Waals surface area contributed by atoms with Crippen LogP contribution in [0.1, 0.15) is 15.9 Å². The lowest BCUT2D eigenvalue weighted by Crippen LogP contribution is -2.26. The molecule has 0 radical (unpaired) electrons. The molecule has 0 aliphatic heterocycles.